The van der Waals surface area contributed by atoms with Gasteiger partial charge in [-0.1, -0.05) is 49.0 Å². The van der Waals surface area contributed by atoms with Crippen LogP contribution in [0.3, 0.4) is 0 Å². The molecule has 1 saturated heterocycles. The van der Waals surface area contributed by atoms with Crippen LogP contribution in [0.5, 0.6) is 0 Å². The molecule has 1 aromatic carbocycles. The lowest BCUT2D eigenvalue weighted by Crippen LogP contribution is -2.52. The summed E-state index contributed by atoms with van der Waals surface area (Å²) >= 11 is 1.12. The van der Waals surface area contributed by atoms with Gasteiger partial charge in [-0.3, -0.25) is 14.4 Å². The van der Waals surface area contributed by atoms with Crippen molar-refractivity contribution in [3.8, 4) is 0 Å². The minimum absolute atomic E-state index is 0.0597. The van der Waals surface area contributed by atoms with E-state index in [0.29, 0.717) is 38.2 Å². The molecule has 1 aliphatic heterocycles. The van der Waals surface area contributed by atoms with Crippen LogP contribution in [0, 0.1) is 5.92 Å². The van der Waals surface area contributed by atoms with Gasteiger partial charge in [0.15, 0.2) is 0 Å². The van der Waals surface area contributed by atoms with Crippen LogP contribution in [0.2, 0.25) is 0 Å². The molecule has 8 nitrogen and oxygen atoms in total. The van der Waals surface area contributed by atoms with E-state index in [0.717, 1.165) is 17.3 Å². The summed E-state index contributed by atoms with van der Waals surface area (Å²) in [5.74, 6) is -1.83. The van der Waals surface area contributed by atoms with Crippen molar-refractivity contribution >= 4 is 34.8 Å². The van der Waals surface area contributed by atoms with Gasteiger partial charge >= 0.3 is 5.97 Å². The number of hydrogen-bond donors (Lipinski definition) is 2. The third-order valence-corrected chi connectivity index (χ3v) is 6.81. The second-order valence-corrected chi connectivity index (χ2v) is 8.90. The molecule has 0 aliphatic carbocycles. The van der Waals surface area contributed by atoms with Gasteiger partial charge in [0, 0.05) is 37.7 Å². The SMILES string of the molecule is CCN(CC)C(=O)SCC(C)C(=O)N1CCC[C@H]1C(=O)N[C@@H](Cc1ccccc1)C(=O)O. The molecule has 0 bridgehead atoms. The zero-order chi connectivity index (χ0) is 23.7. The van der Waals surface area contributed by atoms with Crippen molar-refractivity contribution in [2.24, 2.45) is 5.92 Å². The van der Waals surface area contributed by atoms with Gasteiger partial charge in [0.25, 0.3) is 5.24 Å². The molecule has 1 unspecified atom stereocenters. The maximum absolute atomic E-state index is 13.0. The van der Waals surface area contributed by atoms with Crippen LogP contribution in [-0.2, 0) is 20.8 Å². The van der Waals surface area contributed by atoms with Crippen molar-refractivity contribution in [3.63, 3.8) is 0 Å². The van der Waals surface area contributed by atoms with Gasteiger partial charge < -0.3 is 20.2 Å². The van der Waals surface area contributed by atoms with Crippen molar-refractivity contribution in [2.75, 3.05) is 25.4 Å². The van der Waals surface area contributed by atoms with E-state index in [2.05, 4.69) is 5.32 Å². The topological polar surface area (TPSA) is 107 Å². The standard InChI is InChI=1S/C23H33N3O5S/c1-4-25(5-2)23(31)32-15-16(3)21(28)26-13-9-12-19(26)20(27)24-18(22(29)30)14-17-10-7-6-8-11-17/h6-8,10-11,16,18-19H,4-5,9,12-15H2,1-3H3,(H,24,27)(H,29,30)/t16?,18-,19-/m0/s1. The van der Waals surface area contributed by atoms with Gasteiger partial charge in [0.2, 0.25) is 11.8 Å². The maximum Gasteiger partial charge on any atom is 0.326 e. The van der Waals surface area contributed by atoms with E-state index in [1.54, 1.807) is 11.8 Å². The van der Waals surface area contributed by atoms with Crippen molar-refractivity contribution in [1.29, 1.82) is 0 Å². The number of benzene rings is 1. The minimum Gasteiger partial charge on any atom is -0.480 e. The molecular weight excluding hydrogens is 430 g/mol. The van der Waals surface area contributed by atoms with Crippen LogP contribution < -0.4 is 5.32 Å². The van der Waals surface area contributed by atoms with E-state index in [9.17, 15) is 24.3 Å². The average Bonchev–Trinajstić information content (AvgIpc) is 3.28. The molecule has 1 aromatic rings. The molecule has 2 N–H and O–H groups in total. The first-order valence-electron chi connectivity index (χ1n) is 11.1. The number of carboxylic acids is 1. The second-order valence-electron chi connectivity index (χ2n) is 7.93. The summed E-state index contributed by atoms with van der Waals surface area (Å²) in [6.07, 6.45) is 1.34. The molecule has 9 heteroatoms. The molecule has 0 saturated carbocycles. The number of amides is 3. The van der Waals surface area contributed by atoms with Crippen LogP contribution in [0.1, 0.15) is 39.2 Å². The maximum atomic E-state index is 13.0. The predicted octanol–water partition coefficient (Wildman–Crippen LogP) is 2.62. The van der Waals surface area contributed by atoms with Crippen LogP contribution in [0.15, 0.2) is 30.3 Å². The number of carbonyl (C=O) groups is 4. The van der Waals surface area contributed by atoms with Crippen LogP contribution >= 0.6 is 11.8 Å². The molecule has 1 aliphatic rings. The smallest absolute Gasteiger partial charge is 0.326 e. The summed E-state index contributed by atoms with van der Waals surface area (Å²) in [5.41, 5.74) is 0.808. The second kappa shape index (κ2) is 12.5. The van der Waals surface area contributed by atoms with Crippen LogP contribution in [0.4, 0.5) is 4.79 Å². The largest absolute Gasteiger partial charge is 0.480 e. The molecule has 0 aromatic heterocycles. The van der Waals surface area contributed by atoms with Gasteiger partial charge in [0.05, 0.1) is 0 Å². The Morgan fingerprint density at radius 2 is 1.84 bits per heavy atom. The van der Waals surface area contributed by atoms with Crippen molar-refractivity contribution in [1.82, 2.24) is 15.1 Å². The van der Waals surface area contributed by atoms with Gasteiger partial charge in [0.1, 0.15) is 12.1 Å². The molecule has 32 heavy (non-hydrogen) atoms. The molecule has 0 radical (unpaired) electrons. The first-order chi connectivity index (χ1) is 15.3. The Hall–Kier alpha value is -2.55. The molecule has 3 amide bonds. The number of rotatable bonds is 10. The molecule has 176 valence electrons. The Bertz CT molecular complexity index is 800. The Morgan fingerprint density at radius 3 is 2.44 bits per heavy atom. The predicted molar refractivity (Wildman–Crippen MR) is 124 cm³/mol. The van der Waals surface area contributed by atoms with Crippen molar-refractivity contribution in [2.45, 2.75) is 52.1 Å². The summed E-state index contributed by atoms with van der Waals surface area (Å²) in [4.78, 5) is 53.0. The summed E-state index contributed by atoms with van der Waals surface area (Å²) in [6, 6.07) is 7.34. The van der Waals surface area contributed by atoms with E-state index in [-0.39, 0.29) is 17.6 Å². The lowest BCUT2D eigenvalue weighted by atomic mass is 10.1. The number of hydrogen-bond acceptors (Lipinski definition) is 5. The van der Waals surface area contributed by atoms with E-state index in [4.69, 9.17) is 0 Å². The zero-order valence-electron chi connectivity index (χ0n) is 19.0. The summed E-state index contributed by atoms with van der Waals surface area (Å²) in [7, 11) is 0. The summed E-state index contributed by atoms with van der Waals surface area (Å²) in [5, 5.41) is 12.1. The highest BCUT2D eigenvalue weighted by molar-refractivity contribution is 8.13. The Kier molecular flexibility index (Phi) is 10.0. The Balaban J connectivity index is 1.97. The summed E-state index contributed by atoms with van der Waals surface area (Å²) < 4.78 is 0. The van der Waals surface area contributed by atoms with Gasteiger partial charge in [-0.25, -0.2) is 4.79 Å². The number of nitrogens with zero attached hydrogens (tertiary/aromatic N) is 2. The lowest BCUT2D eigenvalue weighted by Gasteiger charge is -2.28. The summed E-state index contributed by atoms with van der Waals surface area (Å²) in [6.45, 7) is 7.26. The first kappa shape index (κ1) is 25.7. The molecule has 2 rings (SSSR count). The highest BCUT2D eigenvalue weighted by Gasteiger charge is 2.37. The fourth-order valence-electron chi connectivity index (χ4n) is 3.74. The fourth-order valence-corrected chi connectivity index (χ4v) is 4.72. The van der Waals surface area contributed by atoms with Crippen molar-refractivity contribution < 1.29 is 24.3 Å². The number of carbonyl (C=O) groups excluding carboxylic acids is 3. The number of carboxylic acid groups (broad SMARTS) is 1. The Labute approximate surface area is 193 Å². The lowest BCUT2D eigenvalue weighted by molar-refractivity contribution is -0.144. The van der Waals surface area contributed by atoms with Crippen LogP contribution in [0.25, 0.3) is 0 Å². The number of nitrogens with one attached hydrogen (secondary N) is 1. The van der Waals surface area contributed by atoms with Gasteiger partial charge in [-0.05, 0) is 32.3 Å². The third kappa shape index (κ3) is 6.98. The van der Waals surface area contributed by atoms with E-state index < -0.39 is 29.9 Å². The van der Waals surface area contributed by atoms with Gasteiger partial charge in [-0.2, -0.15) is 0 Å². The average molecular weight is 464 g/mol. The number of likely N-dealkylation sites (tertiary alicyclic amines) is 1. The monoisotopic (exact) mass is 463 g/mol. The minimum atomic E-state index is -1.11. The zero-order valence-corrected chi connectivity index (χ0v) is 19.8. The molecule has 0 spiro atoms. The van der Waals surface area contributed by atoms with E-state index >= 15 is 0 Å². The highest BCUT2D eigenvalue weighted by atomic mass is 32.2. The Morgan fingerprint density at radius 1 is 1.19 bits per heavy atom. The number of thioether (sulfide) groups is 1. The van der Waals surface area contributed by atoms with E-state index in [1.165, 1.54) is 4.90 Å². The van der Waals surface area contributed by atoms with Gasteiger partial charge in [-0.15, -0.1) is 0 Å². The third-order valence-electron chi connectivity index (χ3n) is 5.64. The molecule has 3 atom stereocenters. The van der Waals surface area contributed by atoms with E-state index in [1.807, 2.05) is 44.2 Å². The molecular formula is C23H33N3O5S. The first-order valence-corrected chi connectivity index (χ1v) is 12.1. The quantitative estimate of drug-likeness (QED) is 0.552. The number of aliphatic carboxylic acids is 1. The van der Waals surface area contributed by atoms with Crippen molar-refractivity contribution in [3.05, 3.63) is 35.9 Å². The molecule has 1 heterocycles. The van der Waals surface area contributed by atoms with Crippen LogP contribution in [-0.4, -0.2) is 75.4 Å². The fraction of sp³-hybridized carbons (Fsp3) is 0.565. The highest BCUT2D eigenvalue weighted by Crippen LogP contribution is 2.23. The molecule has 1 fully saturated rings. The normalized spacial score (nSPS) is 17.5.